The molecular formula is C10H16ClF2NO2. The predicted molar refractivity (Wildman–Crippen MR) is 57.8 cm³/mol. The first kappa shape index (κ1) is 15.3. The lowest BCUT2D eigenvalue weighted by Crippen LogP contribution is -2.49. The van der Waals surface area contributed by atoms with Crippen LogP contribution in [0, 0.1) is 0 Å². The van der Waals surface area contributed by atoms with Gasteiger partial charge in [-0.05, 0) is 20.8 Å². The number of amides is 1. The van der Waals surface area contributed by atoms with Crippen molar-refractivity contribution in [3.63, 3.8) is 0 Å². The van der Waals surface area contributed by atoms with Gasteiger partial charge >= 0.3 is 6.43 Å². The van der Waals surface area contributed by atoms with Gasteiger partial charge in [0.1, 0.15) is 5.78 Å². The molecule has 0 fully saturated rings. The molecule has 0 aromatic rings. The van der Waals surface area contributed by atoms with Crippen molar-refractivity contribution in [1.82, 2.24) is 4.90 Å². The quantitative estimate of drug-likeness (QED) is 0.706. The molecule has 0 aliphatic carbocycles. The molecule has 0 aromatic heterocycles. The van der Waals surface area contributed by atoms with Crippen molar-refractivity contribution in [1.29, 1.82) is 0 Å². The van der Waals surface area contributed by atoms with E-state index in [0.29, 0.717) is 0 Å². The van der Waals surface area contributed by atoms with E-state index in [1.165, 1.54) is 0 Å². The number of halogens is 3. The van der Waals surface area contributed by atoms with Gasteiger partial charge in [0.15, 0.2) is 0 Å². The van der Waals surface area contributed by atoms with E-state index in [-0.39, 0.29) is 24.6 Å². The van der Waals surface area contributed by atoms with Crippen LogP contribution in [0.5, 0.6) is 0 Å². The third-order valence-corrected chi connectivity index (χ3v) is 2.32. The van der Waals surface area contributed by atoms with Crippen molar-refractivity contribution in [2.24, 2.45) is 0 Å². The second-order valence-electron chi connectivity index (χ2n) is 4.38. The third kappa shape index (κ3) is 4.88. The van der Waals surface area contributed by atoms with Crippen LogP contribution in [0.4, 0.5) is 8.78 Å². The number of carbonyl (C=O) groups excluding carboxylic acids is 2. The summed E-state index contributed by atoms with van der Waals surface area (Å²) in [5, 5.41) is 0. The summed E-state index contributed by atoms with van der Waals surface area (Å²) in [6.07, 6.45) is -3.05. The fourth-order valence-corrected chi connectivity index (χ4v) is 1.33. The van der Waals surface area contributed by atoms with Gasteiger partial charge in [-0.1, -0.05) is 0 Å². The van der Waals surface area contributed by atoms with Crippen LogP contribution in [-0.4, -0.2) is 41.0 Å². The molecule has 0 saturated heterocycles. The molecule has 0 atom stereocenters. The molecule has 16 heavy (non-hydrogen) atoms. The molecular weight excluding hydrogens is 240 g/mol. The van der Waals surface area contributed by atoms with Crippen LogP contribution in [0.15, 0.2) is 0 Å². The Balaban J connectivity index is 4.58. The summed E-state index contributed by atoms with van der Waals surface area (Å²) in [5.74, 6) is -1.69. The van der Waals surface area contributed by atoms with Crippen LogP contribution in [-0.2, 0) is 9.59 Å². The second kappa shape index (κ2) is 6.13. The van der Waals surface area contributed by atoms with Crippen LogP contribution in [0.2, 0.25) is 0 Å². The smallest absolute Gasteiger partial charge is 0.315 e. The number of hydrogen-bond donors (Lipinski definition) is 0. The Labute approximate surface area is 98.7 Å². The minimum Gasteiger partial charge on any atom is -0.332 e. The van der Waals surface area contributed by atoms with E-state index < -0.39 is 17.9 Å². The lowest BCUT2D eigenvalue weighted by atomic mass is 10.1. The highest BCUT2D eigenvalue weighted by molar-refractivity contribution is 6.27. The number of carbonyl (C=O) groups is 2. The van der Waals surface area contributed by atoms with E-state index in [2.05, 4.69) is 0 Å². The Hall–Kier alpha value is -0.710. The SMILES string of the molecule is CC(C)(C)N(CCC(=O)CCl)C(=O)C(F)F. The first-order valence-corrected chi connectivity index (χ1v) is 5.41. The van der Waals surface area contributed by atoms with E-state index in [9.17, 15) is 18.4 Å². The Kier molecular flexibility index (Phi) is 5.86. The average molecular weight is 256 g/mol. The summed E-state index contributed by atoms with van der Waals surface area (Å²) in [6, 6.07) is 0. The molecule has 0 aromatic carbocycles. The van der Waals surface area contributed by atoms with Crippen molar-refractivity contribution in [2.75, 3.05) is 12.4 Å². The van der Waals surface area contributed by atoms with Crippen molar-refractivity contribution in [2.45, 2.75) is 39.2 Å². The van der Waals surface area contributed by atoms with E-state index >= 15 is 0 Å². The fraction of sp³-hybridized carbons (Fsp3) is 0.800. The minimum absolute atomic E-state index is 0.000764. The molecule has 3 nitrogen and oxygen atoms in total. The molecule has 6 heteroatoms. The fourth-order valence-electron chi connectivity index (χ4n) is 1.20. The molecule has 94 valence electrons. The number of nitrogens with zero attached hydrogens (tertiary/aromatic N) is 1. The molecule has 0 heterocycles. The molecule has 0 saturated carbocycles. The zero-order chi connectivity index (χ0) is 12.9. The topological polar surface area (TPSA) is 37.4 Å². The summed E-state index contributed by atoms with van der Waals surface area (Å²) in [5.41, 5.74) is -0.736. The highest BCUT2D eigenvalue weighted by Crippen LogP contribution is 2.16. The van der Waals surface area contributed by atoms with E-state index in [4.69, 9.17) is 11.6 Å². The number of alkyl halides is 3. The van der Waals surface area contributed by atoms with Gasteiger partial charge < -0.3 is 4.90 Å². The Morgan fingerprint density at radius 2 is 1.81 bits per heavy atom. The minimum atomic E-state index is -3.05. The zero-order valence-electron chi connectivity index (χ0n) is 9.60. The first-order valence-electron chi connectivity index (χ1n) is 4.87. The third-order valence-electron chi connectivity index (χ3n) is 2.03. The molecule has 0 N–H and O–H groups in total. The standard InChI is InChI=1S/C10H16ClF2NO2/c1-10(2,3)14(9(16)8(12)13)5-4-7(15)6-11/h8H,4-6H2,1-3H3. The summed E-state index contributed by atoms with van der Waals surface area (Å²) in [6.45, 7) is 4.88. The normalized spacial score (nSPS) is 11.7. The van der Waals surface area contributed by atoms with Gasteiger partial charge in [0, 0.05) is 18.5 Å². The van der Waals surface area contributed by atoms with Gasteiger partial charge in [0.2, 0.25) is 0 Å². The summed E-state index contributed by atoms with van der Waals surface area (Å²) < 4.78 is 24.6. The molecule has 0 bridgehead atoms. The van der Waals surface area contributed by atoms with Gasteiger partial charge in [-0.3, -0.25) is 9.59 Å². The average Bonchev–Trinajstić information content (AvgIpc) is 2.15. The summed E-state index contributed by atoms with van der Waals surface area (Å²) in [4.78, 5) is 23.2. The maximum atomic E-state index is 12.3. The van der Waals surface area contributed by atoms with Crippen LogP contribution < -0.4 is 0 Å². The van der Waals surface area contributed by atoms with Crippen molar-refractivity contribution in [3.05, 3.63) is 0 Å². The van der Waals surface area contributed by atoms with Gasteiger partial charge in [0.05, 0.1) is 5.88 Å². The molecule has 1 amide bonds. The van der Waals surface area contributed by atoms with Crippen molar-refractivity contribution >= 4 is 23.3 Å². The summed E-state index contributed by atoms with van der Waals surface area (Å²) in [7, 11) is 0. The number of rotatable bonds is 5. The van der Waals surface area contributed by atoms with Gasteiger partial charge in [-0.2, -0.15) is 8.78 Å². The number of Topliss-reactive ketones (excluding diaryl/α,β-unsaturated/α-hetero) is 1. The number of hydrogen-bond acceptors (Lipinski definition) is 2. The maximum absolute atomic E-state index is 12.3. The van der Waals surface area contributed by atoms with Crippen molar-refractivity contribution in [3.8, 4) is 0 Å². The maximum Gasteiger partial charge on any atom is 0.315 e. The van der Waals surface area contributed by atoms with E-state index in [1.807, 2.05) is 0 Å². The monoisotopic (exact) mass is 255 g/mol. The van der Waals surface area contributed by atoms with Crippen molar-refractivity contribution < 1.29 is 18.4 Å². The largest absolute Gasteiger partial charge is 0.332 e. The van der Waals surface area contributed by atoms with E-state index in [1.54, 1.807) is 20.8 Å². The Bertz CT molecular complexity index is 264. The molecule has 0 aliphatic rings. The van der Waals surface area contributed by atoms with Crippen LogP contribution in [0.1, 0.15) is 27.2 Å². The molecule has 0 spiro atoms. The highest BCUT2D eigenvalue weighted by Gasteiger charge is 2.31. The first-order chi connectivity index (χ1) is 7.20. The van der Waals surface area contributed by atoms with Gasteiger partial charge in [-0.15, -0.1) is 11.6 Å². The zero-order valence-corrected chi connectivity index (χ0v) is 10.4. The van der Waals surface area contributed by atoms with Crippen LogP contribution in [0.25, 0.3) is 0 Å². The van der Waals surface area contributed by atoms with Crippen LogP contribution >= 0.6 is 11.6 Å². The summed E-state index contributed by atoms with van der Waals surface area (Å²) >= 11 is 5.29. The Morgan fingerprint density at radius 3 is 2.12 bits per heavy atom. The lowest BCUT2D eigenvalue weighted by molar-refractivity contribution is -0.148. The molecule has 0 aliphatic heterocycles. The highest BCUT2D eigenvalue weighted by atomic mass is 35.5. The molecule has 0 unspecified atom stereocenters. The predicted octanol–water partition coefficient (Wildman–Crippen LogP) is 2.08. The number of ketones is 1. The van der Waals surface area contributed by atoms with Gasteiger partial charge in [0.25, 0.3) is 5.91 Å². The Morgan fingerprint density at radius 1 is 1.31 bits per heavy atom. The van der Waals surface area contributed by atoms with E-state index in [0.717, 1.165) is 4.90 Å². The van der Waals surface area contributed by atoms with Crippen LogP contribution in [0.3, 0.4) is 0 Å². The molecule has 0 rings (SSSR count). The lowest BCUT2D eigenvalue weighted by Gasteiger charge is -2.35. The second-order valence-corrected chi connectivity index (χ2v) is 4.65. The van der Waals surface area contributed by atoms with Gasteiger partial charge in [-0.25, -0.2) is 0 Å². The molecule has 0 radical (unpaired) electrons.